The second-order valence-corrected chi connectivity index (χ2v) is 3.72. The van der Waals surface area contributed by atoms with E-state index in [1.54, 1.807) is 0 Å². The zero-order chi connectivity index (χ0) is 10.9. The number of methoxy groups -OCH3 is 3. The molecular weight excluding hydrogens is 215 g/mol. The topological polar surface area (TPSA) is 72.5 Å². The molecule has 0 radical (unpaired) electrons. The molecule has 0 atom stereocenters. The van der Waals surface area contributed by atoms with Crippen molar-refractivity contribution in [1.29, 1.82) is 0 Å². The summed E-state index contributed by atoms with van der Waals surface area (Å²) in [5.41, 5.74) is 0. The third kappa shape index (κ3) is 6.44. The molecule has 0 unspecified atom stereocenters. The molecule has 0 aliphatic heterocycles. The Kier molecular flexibility index (Phi) is 8.30. The maximum atomic E-state index is 11.6. The van der Waals surface area contributed by atoms with E-state index in [2.05, 4.69) is 14.2 Å². The highest BCUT2D eigenvalue weighted by molar-refractivity contribution is 7.48. The van der Waals surface area contributed by atoms with Crippen molar-refractivity contribution in [3.8, 4) is 0 Å². The van der Waals surface area contributed by atoms with Crippen LogP contribution < -0.4 is 0 Å². The summed E-state index contributed by atoms with van der Waals surface area (Å²) in [4.78, 5) is 0. The van der Waals surface area contributed by atoms with E-state index in [9.17, 15) is 4.57 Å². The van der Waals surface area contributed by atoms with Crippen LogP contribution in [0.5, 0.6) is 0 Å². The first kappa shape index (κ1) is 14.0. The molecule has 14 heavy (non-hydrogen) atoms. The van der Waals surface area contributed by atoms with Gasteiger partial charge in [-0.25, -0.2) is 4.57 Å². The molecule has 0 bridgehead atoms. The van der Waals surface area contributed by atoms with Gasteiger partial charge in [0.25, 0.3) is 0 Å². The predicted molar refractivity (Wildman–Crippen MR) is 46.5 cm³/mol. The van der Waals surface area contributed by atoms with E-state index < -0.39 is 7.82 Å². The molecule has 0 aliphatic carbocycles. The van der Waals surface area contributed by atoms with Gasteiger partial charge in [-0.05, 0) is 0 Å². The molecular formula is C6H15O7P. The fourth-order valence-electron chi connectivity index (χ4n) is 0.464. The number of hydrogen-bond donors (Lipinski definition) is 0. The zero-order valence-corrected chi connectivity index (χ0v) is 9.32. The molecule has 0 amide bonds. The average Bonchev–Trinajstić information content (AvgIpc) is 2.21. The molecule has 0 saturated heterocycles. The van der Waals surface area contributed by atoms with Crippen LogP contribution in [0.3, 0.4) is 0 Å². The number of phosphoric acid groups is 1. The highest BCUT2D eigenvalue weighted by atomic mass is 31.2. The molecule has 0 saturated carbocycles. The Morgan fingerprint density at radius 2 is 1.07 bits per heavy atom. The minimum atomic E-state index is -3.64. The van der Waals surface area contributed by atoms with E-state index in [-0.39, 0.29) is 20.4 Å². The Morgan fingerprint density at radius 1 is 0.786 bits per heavy atom. The van der Waals surface area contributed by atoms with Gasteiger partial charge in [0.1, 0.15) is 0 Å². The Labute approximate surface area is 82.8 Å². The fourth-order valence-corrected chi connectivity index (χ4v) is 1.39. The lowest BCUT2D eigenvalue weighted by Gasteiger charge is -2.16. The van der Waals surface area contributed by atoms with Gasteiger partial charge in [-0.3, -0.25) is 13.6 Å². The first-order valence-electron chi connectivity index (χ1n) is 3.69. The molecule has 0 aromatic carbocycles. The summed E-state index contributed by atoms with van der Waals surface area (Å²) in [6.45, 7) is -0.611. The van der Waals surface area contributed by atoms with Gasteiger partial charge < -0.3 is 14.2 Å². The van der Waals surface area contributed by atoms with E-state index >= 15 is 0 Å². The van der Waals surface area contributed by atoms with Gasteiger partial charge in [-0.2, -0.15) is 0 Å². The van der Waals surface area contributed by atoms with Crippen molar-refractivity contribution in [2.75, 3.05) is 41.7 Å². The zero-order valence-electron chi connectivity index (χ0n) is 8.43. The van der Waals surface area contributed by atoms with Crippen LogP contribution in [0.15, 0.2) is 0 Å². The molecule has 8 heteroatoms. The van der Waals surface area contributed by atoms with Crippen LogP contribution in [0.4, 0.5) is 0 Å². The van der Waals surface area contributed by atoms with E-state index in [0.29, 0.717) is 0 Å². The molecule has 86 valence electrons. The van der Waals surface area contributed by atoms with Crippen LogP contribution in [0, 0.1) is 0 Å². The summed E-state index contributed by atoms with van der Waals surface area (Å²) in [6, 6.07) is 0. The van der Waals surface area contributed by atoms with Crippen molar-refractivity contribution < 1.29 is 32.3 Å². The SMILES string of the molecule is COCOP(=O)(OCOC)OCOC. The van der Waals surface area contributed by atoms with Crippen LogP contribution >= 0.6 is 7.82 Å². The van der Waals surface area contributed by atoms with E-state index in [1.807, 2.05) is 0 Å². The summed E-state index contributed by atoms with van der Waals surface area (Å²) in [6.07, 6.45) is 0. The third-order valence-electron chi connectivity index (χ3n) is 0.986. The lowest BCUT2D eigenvalue weighted by atomic mass is 11.4. The van der Waals surface area contributed by atoms with Gasteiger partial charge in [0, 0.05) is 21.3 Å². The maximum absolute atomic E-state index is 11.6. The van der Waals surface area contributed by atoms with Crippen LogP contribution in [0.25, 0.3) is 0 Å². The van der Waals surface area contributed by atoms with Crippen molar-refractivity contribution in [2.45, 2.75) is 0 Å². The molecule has 0 rings (SSSR count). The monoisotopic (exact) mass is 230 g/mol. The Morgan fingerprint density at radius 3 is 1.29 bits per heavy atom. The molecule has 0 aliphatic rings. The number of ether oxygens (including phenoxy) is 3. The van der Waals surface area contributed by atoms with Crippen LogP contribution in [-0.2, 0) is 32.3 Å². The summed E-state index contributed by atoms with van der Waals surface area (Å²) < 4.78 is 39.4. The fraction of sp³-hybridized carbons (Fsp3) is 1.00. The van der Waals surface area contributed by atoms with Crippen LogP contribution in [0.1, 0.15) is 0 Å². The molecule has 0 N–H and O–H groups in total. The van der Waals surface area contributed by atoms with Crippen molar-refractivity contribution in [3.63, 3.8) is 0 Å². The lowest BCUT2D eigenvalue weighted by molar-refractivity contribution is -0.0486. The predicted octanol–water partition coefficient (Wildman–Crippen LogP) is 0.956. The molecule has 0 fully saturated rings. The summed E-state index contributed by atoms with van der Waals surface area (Å²) in [7, 11) is 0.514. The first-order chi connectivity index (χ1) is 6.68. The van der Waals surface area contributed by atoms with Gasteiger partial charge in [-0.15, -0.1) is 0 Å². The van der Waals surface area contributed by atoms with Crippen LogP contribution in [-0.4, -0.2) is 41.7 Å². The largest absolute Gasteiger partial charge is 0.481 e. The maximum Gasteiger partial charge on any atom is 0.481 e. The normalized spacial score (nSPS) is 11.9. The quantitative estimate of drug-likeness (QED) is 0.431. The molecule has 0 aromatic heterocycles. The first-order valence-corrected chi connectivity index (χ1v) is 5.15. The molecule has 0 spiro atoms. The van der Waals surface area contributed by atoms with E-state index in [1.165, 1.54) is 21.3 Å². The second kappa shape index (κ2) is 8.31. The molecule has 7 nitrogen and oxygen atoms in total. The van der Waals surface area contributed by atoms with E-state index in [4.69, 9.17) is 13.6 Å². The van der Waals surface area contributed by atoms with Crippen LogP contribution in [0.2, 0.25) is 0 Å². The van der Waals surface area contributed by atoms with Gasteiger partial charge >= 0.3 is 7.82 Å². The van der Waals surface area contributed by atoms with Gasteiger partial charge in [-0.1, -0.05) is 0 Å². The second-order valence-electron chi connectivity index (χ2n) is 2.05. The van der Waals surface area contributed by atoms with Gasteiger partial charge in [0.15, 0.2) is 20.4 Å². The summed E-state index contributed by atoms with van der Waals surface area (Å²) >= 11 is 0. The minimum Gasteiger partial charge on any atom is -0.358 e. The Bertz CT molecular complexity index is 145. The highest BCUT2D eigenvalue weighted by Crippen LogP contribution is 2.49. The van der Waals surface area contributed by atoms with E-state index in [0.717, 1.165) is 0 Å². The number of phosphoric ester groups is 1. The molecule has 0 aromatic rings. The third-order valence-corrected chi connectivity index (χ3v) is 2.25. The van der Waals surface area contributed by atoms with Crippen molar-refractivity contribution >= 4 is 7.82 Å². The summed E-state index contributed by atoms with van der Waals surface area (Å²) in [5, 5.41) is 0. The Balaban J connectivity index is 3.97. The van der Waals surface area contributed by atoms with Gasteiger partial charge in [0.2, 0.25) is 0 Å². The average molecular weight is 230 g/mol. The van der Waals surface area contributed by atoms with Crippen molar-refractivity contribution in [3.05, 3.63) is 0 Å². The standard InChI is InChI=1S/C6H15O7P/c1-8-4-11-14(7,12-5-9-2)13-6-10-3/h4-6H2,1-3H3. The minimum absolute atomic E-state index is 0.204. The van der Waals surface area contributed by atoms with Gasteiger partial charge in [0.05, 0.1) is 0 Å². The lowest BCUT2D eigenvalue weighted by Crippen LogP contribution is -2.06. The van der Waals surface area contributed by atoms with Crippen molar-refractivity contribution in [2.24, 2.45) is 0 Å². The number of hydrogen-bond acceptors (Lipinski definition) is 7. The highest BCUT2D eigenvalue weighted by Gasteiger charge is 2.26. The summed E-state index contributed by atoms with van der Waals surface area (Å²) in [5.74, 6) is 0. The molecule has 0 heterocycles. The Hall–Kier alpha value is -0.0100. The smallest absolute Gasteiger partial charge is 0.358 e. The van der Waals surface area contributed by atoms with Crippen molar-refractivity contribution in [1.82, 2.24) is 0 Å². The number of rotatable bonds is 9.